The number of anilines is 1. The van der Waals surface area contributed by atoms with E-state index in [0.717, 1.165) is 10.6 Å². The molecule has 0 radical (unpaired) electrons. The smallest absolute Gasteiger partial charge is 0.181 e. The number of thiazole rings is 1. The van der Waals surface area contributed by atoms with Gasteiger partial charge in [-0.3, -0.25) is 0 Å². The molecule has 60 valence electrons. The van der Waals surface area contributed by atoms with Crippen molar-refractivity contribution < 1.29 is 0 Å². The van der Waals surface area contributed by atoms with Crippen molar-refractivity contribution in [2.75, 3.05) is 5.73 Å². The van der Waals surface area contributed by atoms with Crippen LogP contribution in [0.15, 0.2) is 0 Å². The summed E-state index contributed by atoms with van der Waals surface area (Å²) >= 11 is 1.35. The highest BCUT2D eigenvalue weighted by molar-refractivity contribution is 7.16. The van der Waals surface area contributed by atoms with E-state index < -0.39 is 0 Å². The Balaban J connectivity index is 2.85. The molecular weight excluding hydrogens is 170 g/mol. The lowest BCUT2D eigenvalue weighted by atomic mass is 10.4. The van der Waals surface area contributed by atoms with Crippen LogP contribution in [0, 0.1) is 30.1 Å². The Labute approximate surface area is 74.8 Å². The molecule has 12 heavy (non-hydrogen) atoms. The van der Waals surface area contributed by atoms with Crippen LogP contribution >= 0.6 is 11.3 Å². The summed E-state index contributed by atoms with van der Waals surface area (Å²) in [6.07, 6.45) is 0.247. The second kappa shape index (κ2) is 3.75. The fourth-order valence-corrected chi connectivity index (χ4v) is 1.41. The molecule has 0 fully saturated rings. The van der Waals surface area contributed by atoms with E-state index in [1.807, 2.05) is 13.0 Å². The molecule has 0 saturated heterocycles. The standard InChI is InChI=1S/C8H7N3S/c1-6-7(4-2-3-5-9)12-8(10)11-6/h3H2,1H3,(H2,10,11). The molecule has 2 N–H and O–H groups in total. The molecule has 3 nitrogen and oxygen atoms in total. The first kappa shape index (κ1) is 8.58. The summed E-state index contributed by atoms with van der Waals surface area (Å²) in [6.45, 7) is 1.85. The highest BCUT2D eigenvalue weighted by Gasteiger charge is 2.00. The number of hydrogen-bond acceptors (Lipinski definition) is 4. The first-order chi connectivity index (χ1) is 5.74. The monoisotopic (exact) mass is 177 g/mol. The van der Waals surface area contributed by atoms with E-state index in [0.29, 0.717) is 5.13 Å². The third kappa shape index (κ3) is 1.98. The Morgan fingerprint density at radius 3 is 2.92 bits per heavy atom. The summed E-state index contributed by atoms with van der Waals surface area (Å²) in [4.78, 5) is 4.85. The van der Waals surface area contributed by atoms with E-state index in [1.54, 1.807) is 0 Å². The van der Waals surface area contributed by atoms with Crippen molar-refractivity contribution in [1.82, 2.24) is 4.98 Å². The predicted octanol–water partition coefficient (Wildman–Crippen LogP) is 1.30. The molecule has 0 atom stereocenters. The van der Waals surface area contributed by atoms with Crippen molar-refractivity contribution in [3.63, 3.8) is 0 Å². The zero-order valence-electron chi connectivity index (χ0n) is 6.59. The first-order valence-electron chi connectivity index (χ1n) is 3.32. The molecule has 0 aliphatic rings. The third-order valence-electron chi connectivity index (χ3n) is 1.18. The number of rotatable bonds is 0. The molecule has 1 aromatic heterocycles. The summed E-state index contributed by atoms with van der Waals surface area (Å²) in [7, 11) is 0. The van der Waals surface area contributed by atoms with Crippen LogP contribution in [0.2, 0.25) is 0 Å². The van der Waals surface area contributed by atoms with Crippen LogP contribution in [0.4, 0.5) is 5.13 Å². The van der Waals surface area contributed by atoms with Crippen molar-refractivity contribution in [3.8, 4) is 17.9 Å². The van der Waals surface area contributed by atoms with Gasteiger partial charge >= 0.3 is 0 Å². The summed E-state index contributed by atoms with van der Waals surface area (Å²) in [5.41, 5.74) is 6.29. The van der Waals surface area contributed by atoms with Gasteiger partial charge in [0.25, 0.3) is 0 Å². The highest BCUT2D eigenvalue weighted by atomic mass is 32.1. The molecule has 1 aromatic rings. The normalized spacial score (nSPS) is 8.33. The van der Waals surface area contributed by atoms with Crippen LogP contribution in [0.25, 0.3) is 0 Å². The van der Waals surface area contributed by atoms with Crippen molar-refractivity contribution in [3.05, 3.63) is 10.6 Å². The number of nitriles is 1. The summed E-state index contributed by atoms with van der Waals surface area (Å²) in [5.74, 6) is 5.55. The van der Waals surface area contributed by atoms with Gasteiger partial charge in [-0.25, -0.2) is 4.98 Å². The maximum Gasteiger partial charge on any atom is 0.181 e. The predicted molar refractivity (Wildman–Crippen MR) is 48.4 cm³/mol. The molecule has 0 bridgehead atoms. The van der Waals surface area contributed by atoms with E-state index in [2.05, 4.69) is 16.8 Å². The van der Waals surface area contributed by atoms with E-state index in [4.69, 9.17) is 11.0 Å². The van der Waals surface area contributed by atoms with Gasteiger partial charge in [0.2, 0.25) is 0 Å². The fourth-order valence-electron chi connectivity index (χ4n) is 0.697. The van der Waals surface area contributed by atoms with Crippen LogP contribution in [0.1, 0.15) is 17.0 Å². The van der Waals surface area contributed by atoms with Crippen LogP contribution in [-0.4, -0.2) is 4.98 Å². The molecule has 1 heterocycles. The van der Waals surface area contributed by atoms with Crippen molar-refractivity contribution >= 4 is 16.5 Å². The van der Waals surface area contributed by atoms with E-state index in [1.165, 1.54) is 11.3 Å². The number of nitrogens with zero attached hydrogens (tertiary/aromatic N) is 2. The van der Waals surface area contributed by atoms with E-state index in [-0.39, 0.29) is 6.42 Å². The average Bonchev–Trinajstić information content (AvgIpc) is 2.31. The molecule has 0 unspecified atom stereocenters. The molecule has 0 aliphatic heterocycles. The Morgan fingerprint density at radius 2 is 2.42 bits per heavy atom. The van der Waals surface area contributed by atoms with Gasteiger partial charge in [-0.1, -0.05) is 23.2 Å². The second-order valence-corrected chi connectivity index (χ2v) is 3.13. The number of aryl methyl sites for hydroxylation is 1. The SMILES string of the molecule is Cc1nc(N)sc1C#CCC#N. The lowest BCUT2D eigenvalue weighted by Gasteiger charge is -1.79. The zero-order valence-corrected chi connectivity index (χ0v) is 7.40. The summed E-state index contributed by atoms with van der Waals surface area (Å²) < 4.78 is 0. The topological polar surface area (TPSA) is 62.7 Å². The molecule has 0 spiro atoms. The minimum atomic E-state index is 0.247. The Hall–Kier alpha value is -1.52. The zero-order chi connectivity index (χ0) is 8.97. The van der Waals surface area contributed by atoms with Crippen LogP contribution < -0.4 is 5.73 Å². The van der Waals surface area contributed by atoms with Gasteiger partial charge in [-0.05, 0) is 6.92 Å². The minimum Gasteiger partial charge on any atom is -0.375 e. The van der Waals surface area contributed by atoms with Gasteiger partial charge in [-0.2, -0.15) is 5.26 Å². The largest absolute Gasteiger partial charge is 0.375 e. The van der Waals surface area contributed by atoms with Gasteiger partial charge < -0.3 is 5.73 Å². The summed E-state index contributed by atoms with van der Waals surface area (Å²) in [5, 5.41) is 8.75. The van der Waals surface area contributed by atoms with Gasteiger partial charge in [-0.15, -0.1) is 0 Å². The van der Waals surface area contributed by atoms with Crippen molar-refractivity contribution in [2.45, 2.75) is 13.3 Å². The Morgan fingerprint density at radius 1 is 1.67 bits per heavy atom. The highest BCUT2D eigenvalue weighted by Crippen LogP contribution is 2.17. The average molecular weight is 177 g/mol. The van der Waals surface area contributed by atoms with Gasteiger partial charge in [0, 0.05) is 0 Å². The maximum atomic E-state index is 8.23. The van der Waals surface area contributed by atoms with E-state index >= 15 is 0 Å². The Kier molecular flexibility index (Phi) is 2.68. The quantitative estimate of drug-likeness (QED) is 0.607. The molecule has 0 amide bonds. The van der Waals surface area contributed by atoms with Crippen LogP contribution in [-0.2, 0) is 0 Å². The molecule has 0 saturated carbocycles. The lowest BCUT2D eigenvalue weighted by molar-refractivity contribution is 1.26. The van der Waals surface area contributed by atoms with Crippen molar-refractivity contribution in [2.24, 2.45) is 0 Å². The number of nitrogens with two attached hydrogens (primary N) is 1. The van der Waals surface area contributed by atoms with Gasteiger partial charge in [0.15, 0.2) is 5.13 Å². The number of aromatic nitrogens is 1. The fraction of sp³-hybridized carbons (Fsp3) is 0.250. The molecular formula is C8H7N3S. The first-order valence-corrected chi connectivity index (χ1v) is 4.14. The van der Waals surface area contributed by atoms with Crippen molar-refractivity contribution in [1.29, 1.82) is 5.26 Å². The van der Waals surface area contributed by atoms with Crippen LogP contribution in [0.5, 0.6) is 0 Å². The third-order valence-corrected chi connectivity index (χ3v) is 2.08. The van der Waals surface area contributed by atoms with E-state index in [9.17, 15) is 0 Å². The van der Waals surface area contributed by atoms with Gasteiger partial charge in [0.05, 0.1) is 18.2 Å². The van der Waals surface area contributed by atoms with Gasteiger partial charge in [0.1, 0.15) is 4.88 Å². The second-order valence-electron chi connectivity index (χ2n) is 2.10. The lowest BCUT2D eigenvalue weighted by Crippen LogP contribution is -1.80. The number of hydrogen-bond donors (Lipinski definition) is 1. The molecule has 0 aliphatic carbocycles. The maximum absolute atomic E-state index is 8.23. The summed E-state index contributed by atoms with van der Waals surface area (Å²) in [6, 6.07) is 1.94. The minimum absolute atomic E-state index is 0.247. The van der Waals surface area contributed by atoms with Crippen LogP contribution in [0.3, 0.4) is 0 Å². The Bertz CT molecular complexity index is 375. The molecule has 0 aromatic carbocycles. The number of nitrogen functional groups attached to an aromatic ring is 1. The molecule has 1 rings (SSSR count). The molecule has 4 heteroatoms.